The predicted molar refractivity (Wildman–Crippen MR) is 119 cm³/mol. The molecule has 4 heterocycles. The molecule has 7 nitrogen and oxygen atoms in total. The van der Waals surface area contributed by atoms with E-state index in [0.29, 0.717) is 28.7 Å². The van der Waals surface area contributed by atoms with E-state index < -0.39 is 17.4 Å². The first-order valence-electron chi connectivity index (χ1n) is 10.8. The van der Waals surface area contributed by atoms with E-state index in [2.05, 4.69) is 10.2 Å². The molecule has 32 heavy (non-hydrogen) atoms. The highest BCUT2D eigenvalue weighted by molar-refractivity contribution is 6.32. The number of nitrogens with zero attached hydrogens (tertiary/aromatic N) is 2. The van der Waals surface area contributed by atoms with Crippen molar-refractivity contribution in [3.8, 4) is 5.75 Å². The number of rotatable bonds is 2. The number of benzene rings is 2. The van der Waals surface area contributed by atoms with E-state index >= 15 is 0 Å². The number of halogens is 1. The Balaban J connectivity index is 1.57. The van der Waals surface area contributed by atoms with Gasteiger partial charge in [0.2, 0.25) is 17.7 Å². The molecule has 0 aliphatic carbocycles. The summed E-state index contributed by atoms with van der Waals surface area (Å²) in [7, 11) is 1.49. The average molecular weight is 452 g/mol. The fraction of sp³-hybridized carbons (Fsp3) is 0.375. The van der Waals surface area contributed by atoms with Crippen LogP contribution in [0.25, 0.3) is 0 Å². The van der Waals surface area contributed by atoms with Crippen LogP contribution >= 0.6 is 11.6 Å². The normalized spacial score (nSPS) is 30.7. The molecule has 0 radical (unpaired) electrons. The SMILES string of the molecule is COc1ccc(Cl)cc1N1C(=O)[C@@H]2[C@@H]3CCCN3[C@]3(C(=O)Nc4ccc(C)cc43)[C@H]2C1=O. The van der Waals surface area contributed by atoms with Gasteiger partial charge in [0, 0.05) is 22.3 Å². The van der Waals surface area contributed by atoms with Crippen molar-refractivity contribution in [3.63, 3.8) is 0 Å². The van der Waals surface area contributed by atoms with Gasteiger partial charge in [-0.15, -0.1) is 0 Å². The molecule has 0 saturated carbocycles. The van der Waals surface area contributed by atoms with Gasteiger partial charge in [-0.3, -0.25) is 19.3 Å². The number of amides is 3. The first-order chi connectivity index (χ1) is 15.4. The van der Waals surface area contributed by atoms with E-state index in [9.17, 15) is 14.4 Å². The smallest absolute Gasteiger partial charge is 0.250 e. The van der Waals surface area contributed by atoms with Gasteiger partial charge in [0.05, 0.1) is 24.6 Å². The quantitative estimate of drug-likeness (QED) is 0.710. The molecule has 4 atom stereocenters. The minimum absolute atomic E-state index is 0.163. The Labute approximate surface area is 190 Å². The molecular formula is C24H22ClN3O4. The van der Waals surface area contributed by atoms with Crippen molar-refractivity contribution in [2.75, 3.05) is 23.9 Å². The van der Waals surface area contributed by atoms with Crippen molar-refractivity contribution in [1.29, 1.82) is 0 Å². The second kappa shape index (κ2) is 6.56. The van der Waals surface area contributed by atoms with Crippen molar-refractivity contribution in [1.82, 2.24) is 4.90 Å². The zero-order chi connectivity index (χ0) is 22.4. The molecule has 3 saturated heterocycles. The zero-order valence-corrected chi connectivity index (χ0v) is 18.5. The number of carbonyl (C=O) groups is 3. The molecule has 3 amide bonds. The molecule has 0 unspecified atom stereocenters. The van der Waals surface area contributed by atoms with E-state index in [1.165, 1.54) is 12.0 Å². The molecule has 1 spiro atoms. The summed E-state index contributed by atoms with van der Waals surface area (Å²) in [6.45, 7) is 2.65. The molecule has 0 bridgehead atoms. The van der Waals surface area contributed by atoms with E-state index in [4.69, 9.17) is 16.3 Å². The van der Waals surface area contributed by atoms with Gasteiger partial charge in [-0.25, -0.2) is 4.90 Å². The standard InChI is InChI=1S/C24H22ClN3O4/c1-12-5-7-15-14(10-12)24(23(31)26-15)20-19(16-4-3-9-27(16)24)21(29)28(22(20)30)17-11-13(25)6-8-18(17)32-2/h5-8,10-11,16,19-20H,3-4,9H2,1-2H3,(H,26,31)/t16-,19+,20+,24-/m0/s1. The zero-order valence-electron chi connectivity index (χ0n) is 17.7. The van der Waals surface area contributed by atoms with Gasteiger partial charge in [0.1, 0.15) is 11.3 Å². The summed E-state index contributed by atoms with van der Waals surface area (Å²) in [6, 6.07) is 10.5. The lowest BCUT2D eigenvalue weighted by Crippen LogP contribution is -2.54. The highest BCUT2D eigenvalue weighted by Gasteiger charge is 2.74. The third-order valence-corrected chi connectivity index (χ3v) is 7.76. The Hall–Kier alpha value is -2.90. The largest absolute Gasteiger partial charge is 0.495 e. The molecule has 2 aromatic carbocycles. The lowest BCUT2D eigenvalue weighted by molar-refractivity contribution is -0.135. The molecule has 6 rings (SSSR count). The number of aryl methyl sites for hydroxylation is 1. The second-order valence-electron chi connectivity index (χ2n) is 9.00. The van der Waals surface area contributed by atoms with Gasteiger partial charge >= 0.3 is 0 Å². The molecule has 8 heteroatoms. The fourth-order valence-electron chi connectivity index (χ4n) is 6.39. The highest BCUT2D eigenvalue weighted by Crippen LogP contribution is 2.61. The maximum absolute atomic E-state index is 14.0. The lowest BCUT2D eigenvalue weighted by atomic mass is 9.75. The monoisotopic (exact) mass is 451 g/mol. The Morgan fingerprint density at radius 2 is 1.94 bits per heavy atom. The van der Waals surface area contributed by atoms with Crippen LogP contribution in [0.5, 0.6) is 5.75 Å². The Bertz CT molecular complexity index is 1210. The number of carbonyl (C=O) groups excluding carboxylic acids is 3. The minimum atomic E-state index is -1.18. The number of nitrogens with one attached hydrogen (secondary N) is 1. The molecule has 1 N–H and O–H groups in total. The first kappa shape index (κ1) is 19.8. The molecule has 4 aliphatic rings. The van der Waals surface area contributed by atoms with Gasteiger partial charge in [0.15, 0.2) is 0 Å². The average Bonchev–Trinajstić information content (AvgIpc) is 3.46. The van der Waals surface area contributed by atoms with Gasteiger partial charge < -0.3 is 10.1 Å². The topological polar surface area (TPSA) is 79.0 Å². The molecule has 0 aromatic heterocycles. The van der Waals surface area contributed by atoms with Crippen LogP contribution in [0.4, 0.5) is 11.4 Å². The van der Waals surface area contributed by atoms with Gasteiger partial charge in [-0.1, -0.05) is 29.3 Å². The van der Waals surface area contributed by atoms with Crippen molar-refractivity contribution >= 4 is 40.7 Å². The van der Waals surface area contributed by atoms with Crippen molar-refractivity contribution in [2.45, 2.75) is 31.3 Å². The van der Waals surface area contributed by atoms with Crippen LogP contribution in [0.15, 0.2) is 36.4 Å². The van der Waals surface area contributed by atoms with E-state index in [1.54, 1.807) is 18.2 Å². The van der Waals surface area contributed by atoms with Crippen LogP contribution in [0.2, 0.25) is 5.02 Å². The van der Waals surface area contributed by atoms with Gasteiger partial charge in [-0.2, -0.15) is 0 Å². The Morgan fingerprint density at radius 3 is 2.72 bits per heavy atom. The number of imide groups is 1. The summed E-state index contributed by atoms with van der Waals surface area (Å²) < 4.78 is 5.43. The van der Waals surface area contributed by atoms with Crippen molar-refractivity contribution in [2.24, 2.45) is 11.8 Å². The first-order valence-corrected chi connectivity index (χ1v) is 11.2. The number of anilines is 2. The fourth-order valence-corrected chi connectivity index (χ4v) is 6.56. The third-order valence-electron chi connectivity index (χ3n) is 7.53. The number of ether oxygens (including phenoxy) is 1. The third kappa shape index (κ3) is 2.22. The number of fused-ring (bicyclic) bond motifs is 7. The molecule has 4 aliphatic heterocycles. The summed E-state index contributed by atoms with van der Waals surface area (Å²) in [4.78, 5) is 44.8. The minimum Gasteiger partial charge on any atom is -0.495 e. The summed E-state index contributed by atoms with van der Waals surface area (Å²) in [6.07, 6.45) is 1.66. The number of hydrogen-bond acceptors (Lipinski definition) is 5. The van der Waals surface area contributed by atoms with Crippen LogP contribution in [0.1, 0.15) is 24.0 Å². The van der Waals surface area contributed by atoms with Crippen LogP contribution < -0.4 is 15.0 Å². The van der Waals surface area contributed by atoms with Crippen LogP contribution in [0, 0.1) is 18.8 Å². The number of hydrogen-bond donors (Lipinski definition) is 1. The molecule has 2 aromatic rings. The molecular weight excluding hydrogens is 430 g/mol. The van der Waals surface area contributed by atoms with E-state index in [1.807, 2.05) is 25.1 Å². The summed E-state index contributed by atoms with van der Waals surface area (Å²) >= 11 is 6.21. The lowest BCUT2D eigenvalue weighted by Gasteiger charge is -2.36. The van der Waals surface area contributed by atoms with Crippen molar-refractivity contribution in [3.05, 3.63) is 52.5 Å². The van der Waals surface area contributed by atoms with Gasteiger partial charge in [-0.05, 0) is 50.6 Å². The van der Waals surface area contributed by atoms with E-state index in [0.717, 1.165) is 24.0 Å². The van der Waals surface area contributed by atoms with Crippen molar-refractivity contribution < 1.29 is 19.1 Å². The van der Waals surface area contributed by atoms with Crippen LogP contribution in [0.3, 0.4) is 0 Å². The molecule has 3 fully saturated rings. The maximum atomic E-state index is 14.0. The molecule has 164 valence electrons. The summed E-state index contributed by atoms with van der Waals surface area (Å²) in [5.74, 6) is -1.89. The summed E-state index contributed by atoms with van der Waals surface area (Å²) in [5, 5.41) is 3.39. The Kier molecular flexibility index (Phi) is 4.05. The van der Waals surface area contributed by atoms with E-state index in [-0.39, 0.29) is 23.8 Å². The maximum Gasteiger partial charge on any atom is 0.250 e. The predicted octanol–water partition coefficient (Wildman–Crippen LogP) is 3.09. The second-order valence-corrected chi connectivity index (χ2v) is 9.44. The van der Waals surface area contributed by atoms with Crippen LogP contribution in [-0.2, 0) is 19.9 Å². The highest BCUT2D eigenvalue weighted by atomic mass is 35.5. The van der Waals surface area contributed by atoms with Gasteiger partial charge in [0.25, 0.3) is 0 Å². The summed E-state index contributed by atoms with van der Waals surface area (Å²) in [5.41, 5.74) is 1.66. The Morgan fingerprint density at radius 1 is 1.12 bits per heavy atom. The number of methoxy groups -OCH3 is 1. The van der Waals surface area contributed by atoms with Crippen LogP contribution in [-0.4, -0.2) is 42.3 Å².